The van der Waals surface area contributed by atoms with Crippen LogP contribution in [0.25, 0.3) is 0 Å². The van der Waals surface area contributed by atoms with Gasteiger partial charge in [0.25, 0.3) is 5.91 Å². The Kier molecular flexibility index (Phi) is 6.05. The maximum absolute atomic E-state index is 12.5. The molecule has 0 bridgehead atoms. The van der Waals surface area contributed by atoms with Crippen molar-refractivity contribution in [1.29, 1.82) is 0 Å². The van der Waals surface area contributed by atoms with E-state index in [0.717, 1.165) is 32.4 Å². The van der Waals surface area contributed by atoms with E-state index in [1.54, 1.807) is 0 Å². The van der Waals surface area contributed by atoms with Crippen LogP contribution in [0.1, 0.15) is 29.6 Å². The maximum atomic E-state index is 12.5. The molecule has 3 rings (SSSR count). The Labute approximate surface area is 152 Å². The highest BCUT2D eigenvalue weighted by atomic mass is 16.6. The molecule has 2 fully saturated rings. The number of hydrogen-bond donors (Lipinski definition) is 1. The summed E-state index contributed by atoms with van der Waals surface area (Å²) in [6.45, 7) is 3.53. The van der Waals surface area contributed by atoms with Gasteiger partial charge in [0.05, 0.1) is 18.1 Å². The molecule has 26 heavy (non-hydrogen) atoms. The molecule has 1 aromatic carbocycles. The van der Waals surface area contributed by atoms with Crippen LogP contribution in [0.3, 0.4) is 0 Å². The molecule has 8 heteroatoms. The third-order valence-corrected chi connectivity index (χ3v) is 4.97. The lowest BCUT2D eigenvalue weighted by Gasteiger charge is -2.29. The number of hydrogen-bond acceptors (Lipinski definition) is 6. The van der Waals surface area contributed by atoms with Crippen molar-refractivity contribution in [2.24, 2.45) is 5.92 Å². The molecule has 2 aliphatic heterocycles. The van der Waals surface area contributed by atoms with Gasteiger partial charge in [0.15, 0.2) is 5.75 Å². The van der Waals surface area contributed by atoms with Crippen molar-refractivity contribution < 1.29 is 19.2 Å². The predicted molar refractivity (Wildman–Crippen MR) is 95.5 cm³/mol. The van der Waals surface area contributed by atoms with Crippen LogP contribution in [0.15, 0.2) is 18.2 Å². The van der Waals surface area contributed by atoms with E-state index < -0.39 is 4.92 Å². The molecule has 8 nitrogen and oxygen atoms in total. The second kappa shape index (κ2) is 8.46. The highest BCUT2D eigenvalue weighted by Crippen LogP contribution is 2.29. The summed E-state index contributed by atoms with van der Waals surface area (Å²) in [5, 5.41) is 14.3. The Balaban J connectivity index is 1.67. The van der Waals surface area contributed by atoms with E-state index in [0.29, 0.717) is 25.4 Å². The number of carbonyl (C=O) groups excluding carboxylic acids is 1. The fourth-order valence-electron chi connectivity index (χ4n) is 3.27. The monoisotopic (exact) mass is 363 g/mol. The molecule has 0 radical (unpaired) electrons. The van der Waals surface area contributed by atoms with Gasteiger partial charge in [0.1, 0.15) is 0 Å². The zero-order valence-corrected chi connectivity index (χ0v) is 15.0. The first-order chi connectivity index (χ1) is 12.5. The van der Waals surface area contributed by atoms with Crippen LogP contribution in [-0.4, -0.2) is 61.7 Å². The lowest BCUT2D eigenvalue weighted by Crippen LogP contribution is -2.43. The topological polar surface area (TPSA) is 93.9 Å². The molecule has 0 saturated carbocycles. The van der Waals surface area contributed by atoms with Crippen molar-refractivity contribution in [1.82, 2.24) is 10.2 Å². The number of nitro benzene ring substituents is 1. The highest BCUT2D eigenvalue weighted by Gasteiger charge is 2.23. The van der Waals surface area contributed by atoms with Gasteiger partial charge in [-0.25, -0.2) is 0 Å². The van der Waals surface area contributed by atoms with Gasteiger partial charge >= 0.3 is 5.69 Å². The Bertz CT molecular complexity index is 652. The van der Waals surface area contributed by atoms with E-state index in [4.69, 9.17) is 9.47 Å². The lowest BCUT2D eigenvalue weighted by molar-refractivity contribution is -0.385. The minimum absolute atomic E-state index is 0.125. The first-order valence-electron chi connectivity index (χ1n) is 9.01. The van der Waals surface area contributed by atoms with Crippen molar-refractivity contribution in [3.8, 4) is 5.75 Å². The molecule has 1 aromatic rings. The fourth-order valence-corrected chi connectivity index (χ4v) is 3.27. The van der Waals surface area contributed by atoms with Crippen molar-refractivity contribution in [2.45, 2.75) is 25.3 Å². The number of piperidine rings is 1. The van der Waals surface area contributed by atoms with E-state index in [2.05, 4.69) is 17.3 Å². The van der Waals surface area contributed by atoms with E-state index in [9.17, 15) is 14.9 Å². The highest BCUT2D eigenvalue weighted by molar-refractivity contribution is 5.95. The Morgan fingerprint density at radius 3 is 2.81 bits per heavy atom. The van der Waals surface area contributed by atoms with Gasteiger partial charge in [0, 0.05) is 36.3 Å². The third kappa shape index (κ3) is 4.70. The molecule has 0 spiro atoms. The van der Waals surface area contributed by atoms with E-state index in [1.165, 1.54) is 18.2 Å². The number of benzene rings is 1. The summed E-state index contributed by atoms with van der Waals surface area (Å²) in [6, 6.07) is 4.42. The van der Waals surface area contributed by atoms with E-state index in [1.807, 2.05) is 0 Å². The molecule has 2 saturated heterocycles. The Morgan fingerprint density at radius 2 is 2.15 bits per heavy atom. The molecule has 0 aromatic heterocycles. The summed E-state index contributed by atoms with van der Waals surface area (Å²) in [7, 11) is 2.06. The van der Waals surface area contributed by atoms with Gasteiger partial charge in [-0.15, -0.1) is 0 Å². The molecule has 142 valence electrons. The minimum Gasteiger partial charge on any atom is -0.486 e. The Hall–Kier alpha value is -2.19. The summed E-state index contributed by atoms with van der Waals surface area (Å²) in [6.07, 6.45) is 2.69. The number of amides is 1. The number of carbonyl (C=O) groups is 1. The number of nitro groups is 1. The summed E-state index contributed by atoms with van der Waals surface area (Å²) < 4.78 is 11.0. The van der Waals surface area contributed by atoms with Gasteiger partial charge in [0.2, 0.25) is 0 Å². The van der Waals surface area contributed by atoms with Crippen LogP contribution in [-0.2, 0) is 4.74 Å². The number of nitrogens with one attached hydrogen (secondary N) is 1. The van der Waals surface area contributed by atoms with Gasteiger partial charge in [-0.05, 0) is 45.5 Å². The molecular weight excluding hydrogens is 338 g/mol. The van der Waals surface area contributed by atoms with E-state index in [-0.39, 0.29) is 29.3 Å². The van der Waals surface area contributed by atoms with Crippen LogP contribution in [0, 0.1) is 16.0 Å². The summed E-state index contributed by atoms with van der Waals surface area (Å²) >= 11 is 0. The normalized spacial score (nSPS) is 21.5. The van der Waals surface area contributed by atoms with Crippen LogP contribution < -0.4 is 10.1 Å². The van der Waals surface area contributed by atoms with Crippen LogP contribution in [0.4, 0.5) is 5.69 Å². The zero-order valence-electron chi connectivity index (χ0n) is 15.0. The standard InChI is InChI=1S/C18H25N3O5/c1-20-7-4-15(5-8-20)19-18(22)14-2-3-16(21(23)24)17(10-14)26-12-13-6-9-25-11-13/h2-3,10,13,15H,4-9,11-12H2,1H3,(H,19,22). The lowest BCUT2D eigenvalue weighted by atomic mass is 10.0. The maximum Gasteiger partial charge on any atom is 0.310 e. The molecule has 1 atom stereocenters. The van der Waals surface area contributed by atoms with Gasteiger partial charge in [-0.2, -0.15) is 0 Å². The van der Waals surface area contributed by atoms with Crippen molar-refractivity contribution in [2.75, 3.05) is 40.0 Å². The number of ether oxygens (including phenoxy) is 2. The molecule has 1 unspecified atom stereocenters. The summed E-state index contributed by atoms with van der Waals surface area (Å²) in [4.78, 5) is 25.5. The minimum atomic E-state index is -0.487. The second-order valence-corrected chi connectivity index (χ2v) is 7.03. The molecule has 0 aliphatic carbocycles. The predicted octanol–water partition coefficient (Wildman–Crippen LogP) is 1.83. The number of rotatable bonds is 6. The average molecular weight is 363 g/mol. The quantitative estimate of drug-likeness (QED) is 0.612. The van der Waals surface area contributed by atoms with Crippen LogP contribution in [0.5, 0.6) is 5.75 Å². The molecule has 1 amide bonds. The average Bonchev–Trinajstić information content (AvgIpc) is 3.15. The summed E-state index contributed by atoms with van der Waals surface area (Å²) in [5.41, 5.74) is 0.256. The Morgan fingerprint density at radius 1 is 1.38 bits per heavy atom. The van der Waals surface area contributed by atoms with E-state index >= 15 is 0 Å². The first-order valence-corrected chi connectivity index (χ1v) is 9.01. The largest absolute Gasteiger partial charge is 0.486 e. The van der Waals surface area contributed by atoms with Gasteiger partial charge < -0.3 is 19.7 Å². The second-order valence-electron chi connectivity index (χ2n) is 7.03. The van der Waals surface area contributed by atoms with Crippen molar-refractivity contribution in [3.63, 3.8) is 0 Å². The molecule has 2 aliphatic rings. The molecule has 2 heterocycles. The van der Waals surface area contributed by atoms with Crippen LogP contribution in [0.2, 0.25) is 0 Å². The zero-order chi connectivity index (χ0) is 18.5. The fraction of sp³-hybridized carbons (Fsp3) is 0.611. The van der Waals surface area contributed by atoms with Crippen molar-refractivity contribution in [3.05, 3.63) is 33.9 Å². The first kappa shape index (κ1) is 18.6. The summed E-state index contributed by atoms with van der Waals surface area (Å²) in [5.74, 6) is 0.146. The SMILES string of the molecule is CN1CCC(NC(=O)c2ccc([N+](=O)[O-])c(OCC3CCOC3)c2)CC1. The van der Waals surface area contributed by atoms with Crippen molar-refractivity contribution >= 4 is 11.6 Å². The van der Waals surface area contributed by atoms with Crippen LogP contribution >= 0.6 is 0 Å². The molecule has 1 N–H and O–H groups in total. The number of nitrogens with zero attached hydrogens (tertiary/aromatic N) is 2. The molecular formula is C18H25N3O5. The van der Waals surface area contributed by atoms with Gasteiger partial charge in [-0.3, -0.25) is 14.9 Å². The smallest absolute Gasteiger partial charge is 0.310 e. The van der Waals surface area contributed by atoms with Gasteiger partial charge in [-0.1, -0.05) is 0 Å². The number of likely N-dealkylation sites (tertiary alicyclic amines) is 1. The third-order valence-electron chi connectivity index (χ3n) is 4.97.